The van der Waals surface area contributed by atoms with Gasteiger partial charge in [0.2, 0.25) is 5.91 Å². The van der Waals surface area contributed by atoms with Crippen molar-refractivity contribution in [2.45, 2.75) is 12.5 Å². The number of carboxylic acids is 1. The van der Waals surface area contributed by atoms with E-state index in [-0.39, 0.29) is 25.5 Å². The number of amides is 2. The summed E-state index contributed by atoms with van der Waals surface area (Å²) in [6.45, 7) is 0.0323. The average Bonchev–Trinajstić information content (AvgIpc) is 2.91. The number of hydrogen-bond acceptors (Lipinski definition) is 5. The molecule has 0 radical (unpaired) electrons. The molecule has 0 aromatic carbocycles. The van der Waals surface area contributed by atoms with Gasteiger partial charge in [0.15, 0.2) is 6.04 Å². The first-order valence-electron chi connectivity index (χ1n) is 5.87. The number of thiophene rings is 1. The number of ether oxygens (including phenoxy) is 1. The summed E-state index contributed by atoms with van der Waals surface area (Å²) in [5, 5.41) is 15.5. The molecule has 1 unspecified atom stereocenters. The standard InChI is InChI=1S/C12H16N2O5S/c1-19-7-8(12(17)18)14-10(15)4-5-13-11(16)9-3-2-6-20-9/h2-3,6,8H,4-5,7H2,1H3,(H,13,16)(H,14,15)(H,17,18). The van der Waals surface area contributed by atoms with Gasteiger partial charge >= 0.3 is 5.97 Å². The number of methoxy groups -OCH3 is 1. The van der Waals surface area contributed by atoms with Crippen LogP contribution in [-0.2, 0) is 14.3 Å². The third-order valence-corrected chi connectivity index (χ3v) is 3.22. The van der Waals surface area contributed by atoms with Gasteiger partial charge in [0, 0.05) is 20.1 Å². The first kappa shape index (κ1) is 16.1. The molecule has 1 rings (SSSR count). The summed E-state index contributed by atoms with van der Waals surface area (Å²) in [6, 6.07) is 2.36. The van der Waals surface area contributed by atoms with Crippen molar-refractivity contribution in [1.82, 2.24) is 10.6 Å². The lowest BCUT2D eigenvalue weighted by atomic mass is 10.3. The number of carbonyl (C=O) groups is 3. The monoisotopic (exact) mass is 300 g/mol. The fourth-order valence-electron chi connectivity index (χ4n) is 1.39. The summed E-state index contributed by atoms with van der Waals surface area (Å²) in [6.07, 6.45) is 0.00457. The second-order valence-corrected chi connectivity index (χ2v) is 4.84. The van der Waals surface area contributed by atoms with Crippen LogP contribution < -0.4 is 10.6 Å². The van der Waals surface area contributed by atoms with Crippen LogP contribution in [0.15, 0.2) is 17.5 Å². The van der Waals surface area contributed by atoms with Crippen molar-refractivity contribution in [3.8, 4) is 0 Å². The minimum atomic E-state index is -1.16. The Hall–Kier alpha value is -1.93. The molecule has 0 saturated heterocycles. The summed E-state index contributed by atoms with van der Waals surface area (Å²) in [4.78, 5) is 34.5. The van der Waals surface area contributed by atoms with Crippen LogP contribution in [0.25, 0.3) is 0 Å². The van der Waals surface area contributed by atoms with Crippen molar-refractivity contribution in [3.05, 3.63) is 22.4 Å². The van der Waals surface area contributed by atoms with Crippen LogP contribution in [0, 0.1) is 0 Å². The maximum absolute atomic E-state index is 11.6. The van der Waals surface area contributed by atoms with Crippen LogP contribution in [0.2, 0.25) is 0 Å². The molecule has 110 valence electrons. The molecule has 0 bridgehead atoms. The van der Waals surface area contributed by atoms with Gasteiger partial charge in [0.25, 0.3) is 5.91 Å². The van der Waals surface area contributed by atoms with E-state index in [0.29, 0.717) is 4.88 Å². The van der Waals surface area contributed by atoms with Crippen molar-refractivity contribution in [3.63, 3.8) is 0 Å². The number of nitrogens with one attached hydrogen (secondary N) is 2. The predicted molar refractivity (Wildman–Crippen MR) is 72.7 cm³/mol. The highest BCUT2D eigenvalue weighted by Gasteiger charge is 2.19. The number of carbonyl (C=O) groups excluding carboxylic acids is 2. The first-order chi connectivity index (χ1) is 9.54. The van der Waals surface area contributed by atoms with E-state index >= 15 is 0 Å². The van der Waals surface area contributed by atoms with E-state index in [1.807, 2.05) is 0 Å². The molecule has 0 fully saturated rings. The molecular weight excluding hydrogens is 284 g/mol. The van der Waals surface area contributed by atoms with Gasteiger partial charge in [-0.2, -0.15) is 0 Å². The molecule has 20 heavy (non-hydrogen) atoms. The topological polar surface area (TPSA) is 105 Å². The number of rotatable bonds is 8. The quantitative estimate of drug-likeness (QED) is 0.631. The second kappa shape index (κ2) is 8.28. The van der Waals surface area contributed by atoms with Crippen molar-refractivity contribution < 1.29 is 24.2 Å². The summed E-state index contributed by atoms with van der Waals surface area (Å²) in [5.41, 5.74) is 0. The van der Waals surface area contributed by atoms with Gasteiger partial charge in [-0.15, -0.1) is 11.3 Å². The highest BCUT2D eigenvalue weighted by atomic mass is 32.1. The van der Waals surface area contributed by atoms with Crippen molar-refractivity contribution in [2.75, 3.05) is 20.3 Å². The van der Waals surface area contributed by atoms with E-state index in [9.17, 15) is 14.4 Å². The molecule has 2 amide bonds. The highest BCUT2D eigenvalue weighted by molar-refractivity contribution is 7.12. The van der Waals surface area contributed by atoms with E-state index in [2.05, 4.69) is 10.6 Å². The lowest BCUT2D eigenvalue weighted by Crippen LogP contribution is -2.44. The van der Waals surface area contributed by atoms with Gasteiger partial charge < -0.3 is 20.5 Å². The maximum Gasteiger partial charge on any atom is 0.328 e. The smallest absolute Gasteiger partial charge is 0.328 e. The van der Waals surface area contributed by atoms with Crippen LogP contribution in [0.1, 0.15) is 16.1 Å². The van der Waals surface area contributed by atoms with Crippen LogP contribution >= 0.6 is 11.3 Å². The number of carboxylic acid groups (broad SMARTS) is 1. The average molecular weight is 300 g/mol. The Morgan fingerprint density at radius 2 is 2.20 bits per heavy atom. The summed E-state index contributed by atoms with van der Waals surface area (Å²) in [7, 11) is 1.35. The molecule has 0 saturated carbocycles. The number of hydrogen-bond donors (Lipinski definition) is 3. The molecule has 0 aliphatic rings. The normalized spacial score (nSPS) is 11.7. The van der Waals surface area contributed by atoms with Crippen LogP contribution in [0.4, 0.5) is 0 Å². The molecule has 1 aromatic rings. The van der Waals surface area contributed by atoms with Crippen LogP contribution in [0.5, 0.6) is 0 Å². The van der Waals surface area contributed by atoms with Gasteiger partial charge in [0.1, 0.15) is 0 Å². The molecule has 7 nitrogen and oxygen atoms in total. The van der Waals surface area contributed by atoms with Crippen molar-refractivity contribution in [2.24, 2.45) is 0 Å². The molecule has 3 N–H and O–H groups in total. The SMILES string of the molecule is COCC(NC(=O)CCNC(=O)c1cccs1)C(=O)O. The Balaban J connectivity index is 2.29. The van der Waals surface area contributed by atoms with E-state index in [4.69, 9.17) is 9.84 Å². The third kappa shape index (κ3) is 5.37. The Morgan fingerprint density at radius 3 is 2.75 bits per heavy atom. The highest BCUT2D eigenvalue weighted by Crippen LogP contribution is 2.07. The second-order valence-electron chi connectivity index (χ2n) is 3.90. The third-order valence-electron chi connectivity index (χ3n) is 2.35. The van der Waals surface area contributed by atoms with E-state index in [1.54, 1.807) is 17.5 Å². The Labute approximate surface area is 119 Å². The lowest BCUT2D eigenvalue weighted by Gasteiger charge is -2.13. The molecule has 0 spiro atoms. The lowest BCUT2D eigenvalue weighted by molar-refractivity contribution is -0.143. The fourth-order valence-corrected chi connectivity index (χ4v) is 2.03. The largest absolute Gasteiger partial charge is 0.480 e. The van der Waals surface area contributed by atoms with Crippen LogP contribution in [0.3, 0.4) is 0 Å². The van der Waals surface area contributed by atoms with Gasteiger partial charge in [-0.25, -0.2) is 4.79 Å². The van der Waals surface area contributed by atoms with Crippen molar-refractivity contribution >= 4 is 29.1 Å². The first-order valence-corrected chi connectivity index (χ1v) is 6.75. The van der Waals surface area contributed by atoms with E-state index in [0.717, 1.165) is 0 Å². The molecule has 1 aromatic heterocycles. The molecule has 1 heterocycles. The Bertz CT molecular complexity index is 460. The zero-order valence-electron chi connectivity index (χ0n) is 10.9. The van der Waals surface area contributed by atoms with Gasteiger partial charge in [-0.3, -0.25) is 9.59 Å². The molecule has 1 atom stereocenters. The van der Waals surface area contributed by atoms with Gasteiger partial charge in [0.05, 0.1) is 11.5 Å². The molecule has 0 aliphatic heterocycles. The zero-order valence-corrected chi connectivity index (χ0v) is 11.7. The van der Waals surface area contributed by atoms with Gasteiger partial charge in [-0.05, 0) is 11.4 Å². The minimum absolute atomic E-state index is 0.00457. The van der Waals surface area contributed by atoms with E-state index < -0.39 is 17.9 Å². The van der Waals surface area contributed by atoms with Crippen LogP contribution in [-0.4, -0.2) is 49.2 Å². The Morgan fingerprint density at radius 1 is 1.45 bits per heavy atom. The zero-order chi connectivity index (χ0) is 15.0. The minimum Gasteiger partial charge on any atom is -0.480 e. The summed E-state index contributed by atoms with van der Waals surface area (Å²) >= 11 is 1.30. The van der Waals surface area contributed by atoms with Gasteiger partial charge in [-0.1, -0.05) is 6.07 Å². The summed E-state index contributed by atoms with van der Waals surface area (Å²) in [5.74, 6) is -1.87. The molecular formula is C12H16N2O5S. The fraction of sp³-hybridized carbons (Fsp3) is 0.417. The summed E-state index contributed by atoms with van der Waals surface area (Å²) < 4.78 is 4.69. The van der Waals surface area contributed by atoms with E-state index in [1.165, 1.54) is 18.4 Å². The maximum atomic E-state index is 11.6. The predicted octanol–water partition coefficient (Wildman–Crippen LogP) is 0.0838. The number of aliphatic carboxylic acids is 1. The Kier molecular flexibility index (Phi) is 6.68. The molecule has 0 aliphatic carbocycles. The molecule has 8 heteroatoms. The van der Waals surface area contributed by atoms with Crippen molar-refractivity contribution in [1.29, 1.82) is 0 Å².